The fourth-order valence-electron chi connectivity index (χ4n) is 4.35. The van der Waals surface area contributed by atoms with Crippen LogP contribution in [0.1, 0.15) is 55.1 Å². The maximum atomic E-state index is 13.4. The van der Waals surface area contributed by atoms with Gasteiger partial charge in [-0.15, -0.1) is 0 Å². The average Bonchev–Trinajstić information content (AvgIpc) is 3.50. The molecule has 1 saturated heterocycles. The molecule has 2 aromatic heterocycles. The smallest absolute Gasteiger partial charge is 0.265 e. The Balaban J connectivity index is 1.61. The summed E-state index contributed by atoms with van der Waals surface area (Å²) in [4.78, 5) is 41.7. The van der Waals surface area contributed by atoms with Gasteiger partial charge in [-0.05, 0) is 43.7 Å². The Hall–Kier alpha value is -3.41. The van der Waals surface area contributed by atoms with Crippen LogP contribution in [0.15, 0.2) is 24.5 Å². The van der Waals surface area contributed by atoms with Crippen molar-refractivity contribution < 1.29 is 14.4 Å². The number of carbonyl (C=O) groups excluding carboxylic acids is 3. The number of carbonyl (C=O) groups is 3. The number of hydrogen-bond acceptors (Lipinski definition) is 5. The summed E-state index contributed by atoms with van der Waals surface area (Å²) in [6.45, 7) is 0.646. The van der Waals surface area contributed by atoms with E-state index in [1.165, 1.54) is 0 Å². The molecule has 0 radical (unpaired) electrons. The van der Waals surface area contributed by atoms with E-state index in [2.05, 4.69) is 21.7 Å². The molecule has 1 aliphatic heterocycles. The Bertz CT molecular complexity index is 1050. The van der Waals surface area contributed by atoms with Crippen molar-refractivity contribution in [2.24, 2.45) is 17.6 Å². The number of amides is 3. The van der Waals surface area contributed by atoms with E-state index < -0.39 is 18.0 Å². The van der Waals surface area contributed by atoms with Crippen molar-refractivity contribution in [2.75, 3.05) is 6.54 Å². The second-order valence-electron chi connectivity index (χ2n) is 8.45. The Morgan fingerprint density at radius 1 is 1.35 bits per heavy atom. The van der Waals surface area contributed by atoms with Crippen molar-refractivity contribution in [3.05, 3.63) is 30.2 Å². The fraction of sp³-hybridized carbons (Fsp3) is 0.500. The van der Waals surface area contributed by atoms with Crippen LogP contribution in [0.2, 0.25) is 0 Å². The van der Waals surface area contributed by atoms with Gasteiger partial charge in [-0.1, -0.05) is 12.8 Å². The highest BCUT2D eigenvalue weighted by Crippen LogP contribution is 2.39. The quantitative estimate of drug-likeness (QED) is 0.589. The lowest BCUT2D eigenvalue weighted by atomic mass is 9.92. The summed E-state index contributed by atoms with van der Waals surface area (Å²) >= 11 is 0. The number of nitrogens with two attached hydrogens (primary N) is 1. The monoisotopic (exact) mass is 422 g/mol. The Morgan fingerprint density at radius 3 is 2.84 bits per heavy atom. The van der Waals surface area contributed by atoms with Gasteiger partial charge in [0.15, 0.2) is 0 Å². The number of nitriles is 1. The number of piperidine rings is 1. The van der Waals surface area contributed by atoms with Crippen LogP contribution in [-0.4, -0.2) is 39.9 Å². The molecular formula is C22H26N6O3. The van der Waals surface area contributed by atoms with Crippen molar-refractivity contribution in [3.63, 3.8) is 0 Å². The van der Waals surface area contributed by atoms with E-state index in [9.17, 15) is 19.6 Å². The van der Waals surface area contributed by atoms with Gasteiger partial charge in [0.05, 0.1) is 17.8 Å². The number of hydrogen-bond donors (Lipinski definition) is 3. The first-order valence-electron chi connectivity index (χ1n) is 10.7. The highest BCUT2D eigenvalue weighted by molar-refractivity contribution is 5.99. The molecule has 2 fully saturated rings. The van der Waals surface area contributed by atoms with E-state index in [-0.39, 0.29) is 29.8 Å². The van der Waals surface area contributed by atoms with Gasteiger partial charge in [-0.3, -0.25) is 19.4 Å². The lowest BCUT2D eigenvalue weighted by Crippen LogP contribution is -2.44. The zero-order valence-electron chi connectivity index (χ0n) is 17.2. The van der Waals surface area contributed by atoms with E-state index in [1.807, 2.05) is 0 Å². The maximum Gasteiger partial charge on any atom is 0.265 e. The zero-order chi connectivity index (χ0) is 22.0. The third kappa shape index (κ3) is 4.53. The van der Waals surface area contributed by atoms with Gasteiger partial charge in [-0.2, -0.15) is 5.26 Å². The van der Waals surface area contributed by atoms with Gasteiger partial charge in [-0.25, -0.2) is 0 Å². The molecule has 0 spiro atoms. The number of nitrogens with one attached hydrogen (secondary N) is 2. The van der Waals surface area contributed by atoms with Crippen molar-refractivity contribution in [3.8, 4) is 6.07 Å². The molecule has 3 heterocycles. The van der Waals surface area contributed by atoms with Crippen LogP contribution in [0.3, 0.4) is 0 Å². The minimum absolute atomic E-state index is 0.0752. The Kier molecular flexibility index (Phi) is 5.89. The number of fused-ring (bicyclic) bond motifs is 1. The molecule has 1 aliphatic carbocycles. The molecule has 0 unspecified atom stereocenters. The van der Waals surface area contributed by atoms with Crippen LogP contribution < -0.4 is 16.4 Å². The summed E-state index contributed by atoms with van der Waals surface area (Å²) < 4.78 is 1.65. The predicted octanol–water partition coefficient (Wildman–Crippen LogP) is 1.40. The highest BCUT2D eigenvalue weighted by atomic mass is 16.2. The molecule has 9 heteroatoms. The van der Waals surface area contributed by atoms with Gasteiger partial charge < -0.3 is 20.9 Å². The standard InChI is InChI=1S/C22H26N6O3/c23-11-16(9-15-2-1-6-26-21(15)30)27-22(31)18(8-13-3-4-13)28-17(20(24)29)10-14-5-7-25-12-19(14)28/h5,7,10,12-13,15-16,18H,1-4,6,8-9H2,(H2,24,29)(H,26,30)(H,27,31)/t15-,16-,18-/m0/s1. The molecule has 0 aromatic carbocycles. The average molecular weight is 422 g/mol. The van der Waals surface area contributed by atoms with E-state index >= 15 is 0 Å². The molecule has 0 bridgehead atoms. The maximum absolute atomic E-state index is 13.4. The molecule has 4 N–H and O–H groups in total. The van der Waals surface area contributed by atoms with Crippen LogP contribution in [0.25, 0.3) is 10.9 Å². The topological polar surface area (TPSA) is 143 Å². The van der Waals surface area contributed by atoms with Gasteiger partial charge in [0.1, 0.15) is 17.8 Å². The minimum atomic E-state index is -0.792. The van der Waals surface area contributed by atoms with Gasteiger partial charge in [0, 0.05) is 24.0 Å². The second kappa shape index (κ2) is 8.76. The molecule has 4 rings (SSSR count). The number of primary amides is 1. The predicted molar refractivity (Wildman–Crippen MR) is 113 cm³/mol. The first-order valence-corrected chi connectivity index (χ1v) is 10.7. The highest BCUT2D eigenvalue weighted by Gasteiger charge is 2.35. The molecule has 2 aliphatic rings. The Morgan fingerprint density at radius 2 is 2.16 bits per heavy atom. The third-order valence-corrected chi connectivity index (χ3v) is 6.16. The van der Waals surface area contributed by atoms with Gasteiger partial charge in [0.2, 0.25) is 11.8 Å². The van der Waals surface area contributed by atoms with Crippen LogP contribution in [0, 0.1) is 23.2 Å². The summed E-state index contributed by atoms with van der Waals surface area (Å²) in [5.41, 5.74) is 6.51. The number of rotatable bonds is 8. The van der Waals surface area contributed by atoms with Crippen molar-refractivity contribution >= 4 is 28.6 Å². The summed E-state index contributed by atoms with van der Waals surface area (Å²) in [5, 5.41) is 16.0. The first kappa shape index (κ1) is 20.8. The molecule has 3 atom stereocenters. The van der Waals surface area contributed by atoms with Gasteiger partial charge >= 0.3 is 0 Å². The molecular weight excluding hydrogens is 396 g/mol. The summed E-state index contributed by atoms with van der Waals surface area (Å²) in [6.07, 6.45) is 7.65. The number of pyridine rings is 1. The molecule has 1 saturated carbocycles. The largest absolute Gasteiger partial charge is 0.364 e. The normalized spacial score (nSPS) is 20.5. The van der Waals surface area contributed by atoms with E-state index in [1.54, 1.807) is 29.1 Å². The summed E-state index contributed by atoms with van der Waals surface area (Å²) in [7, 11) is 0. The lowest BCUT2D eigenvalue weighted by Gasteiger charge is -2.26. The van der Waals surface area contributed by atoms with Crippen LogP contribution in [-0.2, 0) is 9.59 Å². The van der Waals surface area contributed by atoms with Crippen LogP contribution >= 0.6 is 0 Å². The molecule has 31 heavy (non-hydrogen) atoms. The van der Waals surface area contributed by atoms with E-state index in [0.29, 0.717) is 30.8 Å². The summed E-state index contributed by atoms with van der Waals surface area (Å²) in [6, 6.07) is 4.08. The molecule has 3 amide bonds. The van der Waals surface area contributed by atoms with E-state index in [0.717, 1.165) is 24.6 Å². The van der Waals surface area contributed by atoms with E-state index in [4.69, 9.17) is 5.73 Å². The fourth-order valence-corrected chi connectivity index (χ4v) is 4.35. The lowest BCUT2D eigenvalue weighted by molar-refractivity contribution is -0.128. The van der Waals surface area contributed by atoms with Crippen LogP contribution in [0.5, 0.6) is 0 Å². The van der Waals surface area contributed by atoms with Crippen molar-refractivity contribution in [1.29, 1.82) is 5.26 Å². The molecule has 2 aromatic rings. The molecule has 162 valence electrons. The van der Waals surface area contributed by atoms with Crippen LogP contribution in [0.4, 0.5) is 0 Å². The first-order chi connectivity index (χ1) is 15.0. The van der Waals surface area contributed by atoms with Gasteiger partial charge in [0.25, 0.3) is 5.91 Å². The number of nitrogens with zero attached hydrogens (tertiary/aromatic N) is 3. The molecule has 9 nitrogen and oxygen atoms in total. The minimum Gasteiger partial charge on any atom is -0.364 e. The zero-order valence-corrected chi connectivity index (χ0v) is 17.2. The Labute approximate surface area is 180 Å². The summed E-state index contributed by atoms with van der Waals surface area (Å²) in [5.74, 6) is -0.957. The number of aromatic nitrogens is 2. The van der Waals surface area contributed by atoms with Crippen molar-refractivity contribution in [2.45, 2.75) is 50.6 Å². The third-order valence-electron chi connectivity index (χ3n) is 6.16. The van der Waals surface area contributed by atoms with Crippen molar-refractivity contribution in [1.82, 2.24) is 20.2 Å². The SMILES string of the molecule is N#C[C@H](C[C@@H]1CCCNC1=O)NC(=O)[C@H](CC1CC1)n1c(C(N)=O)cc2ccncc21. The second-order valence-corrected chi connectivity index (χ2v) is 8.45.